The van der Waals surface area contributed by atoms with Crippen molar-refractivity contribution in [3.8, 4) is 6.07 Å². The van der Waals surface area contributed by atoms with Gasteiger partial charge in [0.15, 0.2) is 0 Å². The van der Waals surface area contributed by atoms with Gasteiger partial charge in [-0.05, 0) is 12.0 Å². The molecule has 0 bridgehead atoms. The van der Waals surface area contributed by atoms with E-state index in [4.69, 9.17) is 0 Å². The second-order valence-corrected chi connectivity index (χ2v) is 6.48. The molecule has 26 heavy (non-hydrogen) atoms. The molecule has 1 aromatic carbocycles. The van der Waals surface area contributed by atoms with Crippen LogP contribution < -0.4 is 16.1 Å². The van der Waals surface area contributed by atoms with Crippen LogP contribution in [0.15, 0.2) is 27.8 Å². The van der Waals surface area contributed by atoms with Crippen LogP contribution in [0, 0.1) is 11.3 Å². The molecule has 0 saturated carbocycles. The van der Waals surface area contributed by atoms with E-state index in [0.717, 1.165) is 11.6 Å². The van der Waals surface area contributed by atoms with Crippen molar-refractivity contribution in [1.82, 2.24) is 9.13 Å². The Balaban J connectivity index is 2.32. The second-order valence-electron chi connectivity index (χ2n) is 6.48. The molecule has 0 spiro atoms. The number of nitriles is 1. The van der Waals surface area contributed by atoms with Crippen LogP contribution in [0.3, 0.4) is 0 Å². The molecule has 134 valence electrons. The Hall–Kier alpha value is -3.02. The molecule has 2 aromatic rings. The zero-order chi connectivity index (χ0) is 19.0. The fourth-order valence-corrected chi connectivity index (χ4v) is 4.06. The van der Waals surface area contributed by atoms with Gasteiger partial charge in [-0.15, -0.1) is 0 Å². The lowest BCUT2D eigenvalue weighted by atomic mass is 9.72. The Morgan fingerprint density at radius 3 is 2.50 bits per heavy atom. The summed E-state index contributed by atoms with van der Waals surface area (Å²) in [6, 6.07) is 5.78. The number of hydrogen-bond acceptors (Lipinski definition) is 4. The van der Waals surface area contributed by atoms with E-state index >= 15 is 0 Å². The summed E-state index contributed by atoms with van der Waals surface area (Å²) < 4.78 is 44.5. The number of anilines is 2. The van der Waals surface area contributed by atoms with Gasteiger partial charge in [0.2, 0.25) is 5.41 Å². The highest BCUT2D eigenvalue weighted by Gasteiger charge is 2.65. The van der Waals surface area contributed by atoms with Crippen LogP contribution in [-0.4, -0.2) is 21.9 Å². The number of para-hydroxylation sites is 1. The summed E-state index contributed by atoms with van der Waals surface area (Å²) in [7, 11) is 2.42. The molecule has 0 radical (unpaired) electrons. The van der Waals surface area contributed by atoms with E-state index in [1.54, 1.807) is 11.0 Å². The van der Waals surface area contributed by atoms with Crippen molar-refractivity contribution in [2.24, 2.45) is 14.1 Å². The number of hydrogen-bond donors (Lipinski definition) is 0. The average molecular weight is 362 g/mol. The molecule has 4 rings (SSSR count). The number of rotatable bonds is 0. The zero-order valence-electron chi connectivity index (χ0n) is 13.9. The fourth-order valence-electron chi connectivity index (χ4n) is 4.06. The van der Waals surface area contributed by atoms with Crippen LogP contribution >= 0.6 is 0 Å². The first-order valence-corrected chi connectivity index (χ1v) is 7.85. The number of alkyl halides is 3. The monoisotopic (exact) mass is 362 g/mol. The molecule has 9 heteroatoms. The Kier molecular flexibility index (Phi) is 3.03. The van der Waals surface area contributed by atoms with Crippen molar-refractivity contribution in [1.29, 1.82) is 5.26 Å². The highest BCUT2D eigenvalue weighted by atomic mass is 19.4. The lowest BCUT2D eigenvalue weighted by Crippen LogP contribution is -2.54. The quantitative estimate of drug-likeness (QED) is 0.712. The van der Waals surface area contributed by atoms with Crippen molar-refractivity contribution in [2.45, 2.75) is 18.0 Å². The standard InChI is InChI=1S/C17H13F3N4O2/c1-22-13-11(14(25)23(2)15(22)26)16(8-21,17(18,19)20)10-5-3-4-9-6-7-24(13)12(9)10/h3-5H,6-7H2,1-2H3. The van der Waals surface area contributed by atoms with Crippen LogP contribution in [0.1, 0.15) is 16.7 Å². The van der Waals surface area contributed by atoms with Crippen LogP contribution in [0.25, 0.3) is 0 Å². The summed E-state index contributed by atoms with van der Waals surface area (Å²) in [4.78, 5) is 26.6. The normalized spacial score (nSPS) is 20.5. The van der Waals surface area contributed by atoms with Gasteiger partial charge in [-0.25, -0.2) is 4.79 Å². The Morgan fingerprint density at radius 1 is 1.19 bits per heavy atom. The minimum absolute atomic E-state index is 0.158. The second kappa shape index (κ2) is 4.78. The maximum absolute atomic E-state index is 14.3. The highest BCUT2D eigenvalue weighted by molar-refractivity contribution is 5.82. The van der Waals surface area contributed by atoms with E-state index in [1.807, 2.05) is 0 Å². The third-order valence-electron chi connectivity index (χ3n) is 5.26. The number of nitrogens with zero attached hydrogens (tertiary/aromatic N) is 4. The molecule has 3 heterocycles. The molecule has 0 amide bonds. The zero-order valence-corrected chi connectivity index (χ0v) is 13.9. The first-order chi connectivity index (χ1) is 12.2. The van der Waals surface area contributed by atoms with Crippen molar-refractivity contribution in [2.75, 3.05) is 11.4 Å². The molecule has 2 aliphatic heterocycles. The van der Waals surface area contributed by atoms with E-state index in [9.17, 15) is 28.0 Å². The van der Waals surface area contributed by atoms with E-state index in [2.05, 4.69) is 0 Å². The molecule has 6 nitrogen and oxygen atoms in total. The van der Waals surface area contributed by atoms with Gasteiger partial charge in [0.1, 0.15) is 5.82 Å². The van der Waals surface area contributed by atoms with E-state index in [0.29, 0.717) is 23.1 Å². The topological polar surface area (TPSA) is 71.0 Å². The van der Waals surface area contributed by atoms with Crippen molar-refractivity contribution < 1.29 is 13.2 Å². The third-order valence-corrected chi connectivity index (χ3v) is 5.26. The largest absolute Gasteiger partial charge is 0.415 e. The lowest BCUT2D eigenvalue weighted by Gasteiger charge is -2.40. The fraction of sp³-hybridized carbons (Fsp3) is 0.353. The SMILES string of the molecule is Cn1c2c(c(=O)n(C)c1=O)C(C#N)(C(F)(F)F)c1cccc3c1N2CC3. The molecular weight excluding hydrogens is 349 g/mol. The summed E-state index contributed by atoms with van der Waals surface area (Å²) in [5, 5.41) is 9.72. The summed E-state index contributed by atoms with van der Waals surface area (Å²) in [6.45, 7) is 0.332. The van der Waals surface area contributed by atoms with Gasteiger partial charge in [-0.1, -0.05) is 18.2 Å². The maximum atomic E-state index is 14.3. The Labute approximate surface area is 145 Å². The van der Waals surface area contributed by atoms with Gasteiger partial charge in [0, 0.05) is 26.2 Å². The van der Waals surface area contributed by atoms with Crippen LogP contribution in [-0.2, 0) is 25.9 Å². The number of aromatic nitrogens is 2. The lowest BCUT2D eigenvalue weighted by molar-refractivity contribution is -0.162. The van der Waals surface area contributed by atoms with Crippen LogP contribution in [0.5, 0.6) is 0 Å². The number of fused-ring (bicyclic) bond motifs is 2. The van der Waals surface area contributed by atoms with Gasteiger partial charge >= 0.3 is 11.9 Å². The van der Waals surface area contributed by atoms with Crippen LogP contribution in [0.2, 0.25) is 0 Å². The molecule has 0 N–H and O–H groups in total. The summed E-state index contributed by atoms with van der Waals surface area (Å²) in [5.41, 5.74) is -5.03. The molecule has 0 aliphatic carbocycles. The van der Waals surface area contributed by atoms with Crippen molar-refractivity contribution >= 4 is 11.5 Å². The van der Waals surface area contributed by atoms with Gasteiger partial charge in [-0.2, -0.15) is 18.4 Å². The molecule has 1 unspecified atom stereocenters. The Morgan fingerprint density at radius 2 is 1.88 bits per heavy atom. The van der Waals surface area contributed by atoms with Crippen molar-refractivity contribution in [3.05, 3.63) is 55.7 Å². The van der Waals surface area contributed by atoms with Gasteiger partial charge < -0.3 is 4.90 Å². The van der Waals surface area contributed by atoms with Gasteiger partial charge in [0.25, 0.3) is 5.56 Å². The number of halogens is 3. The Bertz CT molecular complexity index is 1120. The molecule has 2 aliphatic rings. The highest BCUT2D eigenvalue weighted by Crippen LogP contribution is 2.56. The minimum Gasteiger partial charge on any atom is -0.326 e. The van der Waals surface area contributed by atoms with Crippen molar-refractivity contribution in [3.63, 3.8) is 0 Å². The summed E-state index contributed by atoms with van der Waals surface area (Å²) in [6.07, 6.45) is -4.57. The predicted molar refractivity (Wildman–Crippen MR) is 86.5 cm³/mol. The summed E-state index contributed by atoms with van der Waals surface area (Å²) >= 11 is 0. The first kappa shape index (κ1) is 16.4. The average Bonchev–Trinajstić information content (AvgIpc) is 3.02. The van der Waals surface area contributed by atoms with E-state index in [1.165, 1.54) is 25.2 Å². The predicted octanol–water partition coefficient (Wildman–Crippen LogP) is 1.46. The molecular formula is C17H13F3N4O2. The van der Waals surface area contributed by atoms with Crippen LogP contribution in [0.4, 0.5) is 24.7 Å². The van der Waals surface area contributed by atoms with E-state index < -0.39 is 28.4 Å². The van der Waals surface area contributed by atoms with E-state index in [-0.39, 0.29) is 17.1 Å². The molecule has 1 atom stereocenters. The first-order valence-electron chi connectivity index (χ1n) is 7.85. The maximum Gasteiger partial charge on any atom is 0.415 e. The smallest absolute Gasteiger partial charge is 0.326 e. The minimum atomic E-state index is -5.04. The van der Waals surface area contributed by atoms with Gasteiger partial charge in [-0.3, -0.25) is 13.9 Å². The molecule has 0 saturated heterocycles. The third kappa shape index (κ3) is 1.62. The summed E-state index contributed by atoms with van der Waals surface area (Å²) in [5.74, 6) is -0.158. The molecule has 1 aromatic heterocycles. The van der Waals surface area contributed by atoms with Gasteiger partial charge in [0.05, 0.1) is 17.3 Å². The molecule has 0 fully saturated rings. The number of benzene rings is 1.